The van der Waals surface area contributed by atoms with Gasteiger partial charge in [0.25, 0.3) is 0 Å². The van der Waals surface area contributed by atoms with Gasteiger partial charge in [-0.15, -0.1) is 0 Å². The van der Waals surface area contributed by atoms with E-state index in [1.807, 2.05) is 0 Å². The zero-order valence-electron chi connectivity index (χ0n) is 5.39. The number of carbonyl (C=O) groups excluding carboxylic acids is 1. The molecule has 0 bridgehead atoms. The molecule has 0 atom stereocenters. The summed E-state index contributed by atoms with van der Waals surface area (Å²) < 4.78 is 4.67. The third-order valence-electron chi connectivity index (χ3n) is 0.829. The minimum atomic E-state index is -0.0324. The van der Waals surface area contributed by atoms with Gasteiger partial charge >= 0.3 is 0 Å². The van der Waals surface area contributed by atoms with Crippen LogP contribution in [0.3, 0.4) is 0 Å². The first-order valence-electron chi connectivity index (χ1n) is 2.43. The Morgan fingerprint density at radius 3 is 2.12 bits per heavy atom. The first kappa shape index (κ1) is 7.21. The van der Waals surface area contributed by atoms with E-state index in [2.05, 4.69) is 4.74 Å². The van der Waals surface area contributed by atoms with E-state index < -0.39 is 0 Å². The van der Waals surface area contributed by atoms with Crippen molar-refractivity contribution in [3.63, 3.8) is 0 Å². The van der Waals surface area contributed by atoms with Gasteiger partial charge in [-0.2, -0.15) is 0 Å². The highest BCUT2D eigenvalue weighted by Crippen LogP contribution is 1.93. The molecule has 2 nitrogen and oxygen atoms in total. The van der Waals surface area contributed by atoms with Gasteiger partial charge in [-0.1, -0.05) is 0 Å². The van der Waals surface area contributed by atoms with Crippen LogP contribution in [-0.2, 0) is 9.53 Å². The van der Waals surface area contributed by atoms with Crippen LogP contribution in [0.5, 0.6) is 0 Å². The Labute approximate surface area is 49.1 Å². The third kappa shape index (κ3) is 1.78. The van der Waals surface area contributed by atoms with Gasteiger partial charge in [-0.05, 0) is 13.0 Å². The molecule has 0 rings (SSSR count). The van der Waals surface area contributed by atoms with Crippen LogP contribution in [0, 0.1) is 0 Å². The molecule has 0 aliphatic carbocycles. The number of methoxy groups -OCH3 is 1. The number of Topliss-reactive ketones (excluding diaryl/α,β-unsaturated/α-hetero) is 1. The van der Waals surface area contributed by atoms with E-state index in [1.54, 1.807) is 13.0 Å². The molecule has 0 aliphatic heterocycles. The molecule has 0 aromatic heterocycles. The van der Waals surface area contributed by atoms with Crippen molar-refractivity contribution in [2.24, 2.45) is 0 Å². The molecule has 0 aromatic rings. The summed E-state index contributed by atoms with van der Waals surface area (Å²) in [5, 5.41) is 0. The van der Waals surface area contributed by atoms with E-state index in [-0.39, 0.29) is 5.78 Å². The highest BCUT2D eigenvalue weighted by Gasteiger charge is 1.97. The SMILES string of the molecule is CC=C(OC)C(C)=O. The molecular formula is C6H10O2. The van der Waals surface area contributed by atoms with Gasteiger partial charge < -0.3 is 4.74 Å². The third-order valence-corrected chi connectivity index (χ3v) is 0.829. The van der Waals surface area contributed by atoms with E-state index in [1.165, 1.54) is 14.0 Å². The summed E-state index contributed by atoms with van der Waals surface area (Å²) in [6, 6.07) is 0. The maximum absolute atomic E-state index is 10.4. The van der Waals surface area contributed by atoms with Crippen LogP contribution in [-0.4, -0.2) is 12.9 Å². The van der Waals surface area contributed by atoms with Crippen molar-refractivity contribution in [1.29, 1.82) is 0 Å². The van der Waals surface area contributed by atoms with Gasteiger partial charge in [0.15, 0.2) is 11.5 Å². The zero-order chi connectivity index (χ0) is 6.57. The van der Waals surface area contributed by atoms with E-state index >= 15 is 0 Å². The molecule has 8 heavy (non-hydrogen) atoms. The van der Waals surface area contributed by atoms with Crippen LogP contribution in [0.2, 0.25) is 0 Å². The lowest BCUT2D eigenvalue weighted by atomic mass is 10.3. The highest BCUT2D eigenvalue weighted by molar-refractivity contribution is 5.91. The fraction of sp³-hybridized carbons (Fsp3) is 0.500. The standard InChI is InChI=1S/C6H10O2/c1-4-6(8-3)5(2)7/h4H,1-3H3. The van der Waals surface area contributed by atoms with Gasteiger partial charge in [-0.25, -0.2) is 0 Å². The summed E-state index contributed by atoms with van der Waals surface area (Å²) in [5.74, 6) is 0.389. The van der Waals surface area contributed by atoms with E-state index in [4.69, 9.17) is 0 Å². The lowest BCUT2D eigenvalue weighted by molar-refractivity contribution is -0.116. The topological polar surface area (TPSA) is 26.3 Å². The molecule has 2 heteroatoms. The van der Waals surface area contributed by atoms with Crippen LogP contribution in [0.15, 0.2) is 11.8 Å². The lowest BCUT2D eigenvalue weighted by Gasteiger charge is -1.96. The van der Waals surface area contributed by atoms with Gasteiger partial charge in [-0.3, -0.25) is 4.79 Å². The Hall–Kier alpha value is -0.790. The predicted octanol–water partition coefficient (Wildman–Crippen LogP) is 1.13. The van der Waals surface area contributed by atoms with E-state index in [9.17, 15) is 4.79 Å². The van der Waals surface area contributed by atoms with Crippen LogP contribution < -0.4 is 0 Å². The molecule has 0 aliphatic rings. The predicted molar refractivity (Wildman–Crippen MR) is 31.4 cm³/mol. The molecule has 46 valence electrons. The van der Waals surface area contributed by atoms with Gasteiger partial charge in [0, 0.05) is 6.92 Å². The fourth-order valence-corrected chi connectivity index (χ4v) is 0.465. The quantitative estimate of drug-likeness (QED) is 0.397. The first-order valence-corrected chi connectivity index (χ1v) is 2.43. The maximum atomic E-state index is 10.4. The van der Waals surface area contributed by atoms with Crippen molar-refractivity contribution in [1.82, 2.24) is 0 Å². The number of ether oxygens (including phenoxy) is 1. The van der Waals surface area contributed by atoms with Crippen molar-refractivity contribution >= 4 is 5.78 Å². The summed E-state index contributed by atoms with van der Waals surface area (Å²) in [5.41, 5.74) is 0. The van der Waals surface area contributed by atoms with Crippen molar-refractivity contribution < 1.29 is 9.53 Å². The molecule has 0 saturated heterocycles. The molecular weight excluding hydrogens is 104 g/mol. The minimum Gasteiger partial charge on any atom is -0.493 e. The van der Waals surface area contributed by atoms with Crippen LogP contribution in [0.25, 0.3) is 0 Å². The Morgan fingerprint density at radius 1 is 1.62 bits per heavy atom. The summed E-state index contributed by atoms with van der Waals surface area (Å²) in [6.45, 7) is 3.24. The zero-order valence-corrected chi connectivity index (χ0v) is 5.39. The lowest BCUT2D eigenvalue weighted by Crippen LogP contribution is -1.96. The van der Waals surface area contributed by atoms with Gasteiger partial charge in [0.2, 0.25) is 0 Å². The van der Waals surface area contributed by atoms with Crippen molar-refractivity contribution in [3.05, 3.63) is 11.8 Å². The molecule has 0 spiro atoms. The summed E-state index contributed by atoms with van der Waals surface area (Å²) >= 11 is 0. The van der Waals surface area contributed by atoms with E-state index in [0.29, 0.717) is 5.76 Å². The highest BCUT2D eigenvalue weighted by atomic mass is 16.5. The smallest absolute Gasteiger partial charge is 0.193 e. The number of ketones is 1. The number of allylic oxidation sites excluding steroid dienone is 2. The Balaban J connectivity index is 3.92. The average Bonchev–Trinajstić information content (AvgIpc) is 1.69. The molecule has 0 N–H and O–H groups in total. The average molecular weight is 114 g/mol. The van der Waals surface area contributed by atoms with Crippen molar-refractivity contribution in [3.8, 4) is 0 Å². The molecule has 0 saturated carbocycles. The second-order valence-electron chi connectivity index (χ2n) is 1.41. The molecule has 0 fully saturated rings. The van der Waals surface area contributed by atoms with Crippen molar-refractivity contribution in [2.75, 3.05) is 7.11 Å². The summed E-state index contributed by atoms with van der Waals surface area (Å²) in [7, 11) is 1.48. The normalized spacial score (nSPS) is 11.1. The molecule has 0 heterocycles. The molecule has 0 radical (unpaired) electrons. The summed E-state index contributed by atoms with van der Waals surface area (Å²) in [4.78, 5) is 10.4. The van der Waals surface area contributed by atoms with Crippen molar-refractivity contribution in [2.45, 2.75) is 13.8 Å². The summed E-state index contributed by atoms with van der Waals surface area (Å²) in [6.07, 6.45) is 1.64. The molecule has 0 amide bonds. The Morgan fingerprint density at radius 2 is 2.12 bits per heavy atom. The Bertz CT molecular complexity index is 114. The van der Waals surface area contributed by atoms with Crippen LogP contribution in [0.4, 0.5) is 0 Å². The number of carbonyl (C=O) groups is 1. The minimum absolute atomic E-state index is 0.0324. The Kier molecular flexibility index (Phi) is 2.92. The largest absolute Gasteiger partial charge is 0.493 e. The van der Waals surface area contributed by atoms with Crippen LogP contribution >= 0.6 is 0 Å². The molecule has 0 aromatic carbocycles. The molecule has 0 unspecified atom stereocenters. The number of hydrogen-bond acceptors (Lipinski definition) is 2. The second kappa shape index (κ2) is 3.24. The number of hydrogen-bond donors (Lipinski definition) is 0. The fourth-order valence-electron chi connectivity index (χ4n) is 0.465. The monoisotopic (exact) mass is 114 g/mol. The van der Waals surface area contributed by atoms with Gasteiger partial charge in [0.05, 0.1) is 7.11 Å². The number of rotatable bonds is 2. The first-order chi connectivity index (χ1) is 3.72. The second-order valence-corrected chi connectivity index (χ2v) is 1.41. The van der Waals surface area contributed by atoms with Crippen LogP contribution in [0.1, 0.15) is 13.8 Å². The van der Waals surface area contributed by atoms with E-state index in [0.717, 1.165) is 0 Å². The maximum Gasteiger partial charge on any atom is 0.193 e. The van der Waals surface area contributed by atoms with Gasteiger partial charge in [0.1, 0.15) is 0 Å².